The van der Waals surface area contributed by atoms with Crippen molar-refractivity contribution in [2.24, 2.45) is 5.73 Å². The highest BCUT2D eigenvalue weighted by molar-refractivity contribution is 6.31. The van der Waals surface area contributed by atoms with Crippen LogP contribution in [0, 0.1) is 0 Å². The van der Waals surface area contributed by atoms with Gasteiger partial charge < -0.3 is 5.73 Å². The van der Waals surface area contributed by atoms with Gasteiger partial charge in [-0.25, -0.2) is 0 Å². The van der Waals surface area contributed by atoms with Crippen molar-refractivity contribution in [2.45, 2.75) is 12.6 Å². The van der Waals surface area contributed by atoms with E-state index in [1.54, 1.807) is 6.07 Å². The molecule has 0 aliphatic rings. The van der Waals surface area contributed by atoms with Crippen LogP contribution in [0.25, 0.3) is 0 Å². The Hall–Kier alpha value is -0.450. The summed E-state index contributed by atoms with van der Waals surface area (Å²) in [6.07, 6.45) is -3.98. The summed E-state index contributed by atoms with van der Waals surface area (Å²) in [5.74, 6) is 0. The number of halogens is 5. The van der Waals surface area contributed by atoms with Crippen molar-refractivity contribution >= 4 is 24.0 Å². The van der Waals surface area contributed by atoms with E-state index in [1.807, 2.05) is 0 Å². The van der Waals surface area contributed by atoms with Crippen LogP contribution in [0.4, 0.5) is 13.2 Å². The zero-order valence-corrected chi connectivity index (χ0v) is 9.22. The second-order valence-electron chi connectivity index (χ2n) is 2.85. The minimum atomic E-state index is -4.40. The first kappa shape index (κ1) is 14.6. The number of alkyl halides is 3. The molecule has 1 rings (SSSR count). The molecule has 0 saturated carbocycles. The molecule has 0 aliphatic heterocycles. The van der Waals surface area contributed by atoms with Crippen LogP contribution >= 0.6 is 24.0 Å². The molecular weight excluding hydrogens is 250 g/mol. The molecule has 0 amide bonds. The average Bonchev–Trinajstić information content (AvgIpc) is 2.07. The highest BCUT2D eigenvalue weighted by Gasteiger charge is 2.33. The Labute approximate surface area is 96.8 Å². The molecule has 1 aromatic rings. The van der Waals surface area contributed by atoms with E-state index in [2.05, 4.69) is 0 Å². The van der Waals surface area contributed by atoms with Gasteiger partial charge in [-0.05, 0) is 30.7 Å². The molecule has 1 nitrogen and oxygen atoms in total. The van der Waals surface area contributed by atoms with Gasteiger partial charge in [0.1, 0.15) is 0 Å². The lowest BCUT2D eigenvalue weighted by Crippen LogP contribution is -2.08. The van der Waals surface area contributed by atoms with Crippen molar-refractivity contribution in [3.63, 3.8) is 0 Å². The Morgan fingerprint density at radius 1 is 1.27 bits per heavy atom. The number of hydrogen-bond acceptors (Lipinski definition) is 1. The fourth-order valence-corrected chi connectivity index (χ4v) is 1.34. The van der Waals surface area contributed by atoms with Crippen LogP contribution in [-0.4, -0.2) is 6.54 Å². The van der Waals surface area contributed by atoms with Gasteiger partial charge >= 0.3 is 6.18 Å². The average molecular weight is 260 g/mol. The highest BCUT2D eigenvalue weighted by atomic mass is 35.5. The van der Waals surface area contributed by atoms with Crippen LogP contribution in [0.1, 0.15) is 11.1 Å². The molecule has 6 heteroatoms. The summed E-state index contributed by atoms with van der Waals surface area (Å²) < 4.78 is 37.1. The van der Waals surface area contributed by atoms with Crippen LogP contribution in [0.3, 0.4) is 0 Å². The van der Waals surface area contributed by atoms with E-state index in [0.717, 1.165) is 6.07 Å². The van der Waals surface area contributed by atoms with Crippen molar-refractivity contribution in [3.8, 4) is 0 Å². The highest BCUT2D eigenvalue weighted by Crippen LogP contribution is 2.35. The Balaban J connectivity index is 0.00000196. The number of benzene rings is 1. The number of hydrogen-bond donors (Lipinski definition) is 1. The number of nitrogens with two attached hydrogens (primary N) is 1. The van der Waals surface area contributed by atoms with Crippen LogP contribution in [0.2, 0.25) is 5.02 Å². The van der Waals surface area contributed by atoms with Gasteiger partial charge in [0.25, 0.3) is 0 Å². The second-order valence-corrected chi connectivity index (χ2v) is 3.26. The predicted molar refractivity (Wildman–Crippen MR) is 56.5 cm³/mol. The zero-order chi connectivity index (χ0) is 10.8. The second kappa shape index (κ2) is 5.58. The maximum absolute atomic E-state index is 12.4. The molecule has 0 atom stereocenters. The SMILES string of the molecule is Cl.NCCc1ccc(Cl)c(C(F)(F)F)c1. The Bertz CT molecular complexity index is 326. The fraction of sp³-hybridized carbons (Fsp3) is 0.333. The van der Waals surface area contributed by atoms with E-state index in [9.17, 15) is 13.2 Å². The third-order valence-electron chi connectivity index (χ3n) is 1.77. The Kier molecular flexibility index (Phi) is 5.42. The topological polar surface area (TPSA) is 26.0 Å². The summed E-state index contributed by atoms with van der Waals surface area (Å²) in [5.41, 5.74) is 4.99. The predicted octanol–water partition coefficient (Wildman–Crippen LogP) is 3.28. The summed E-state index contributed by atoms with van der Waals surface area (Å²) in [6, 6.07) is 3.83. The molecule has 0 spiro atoms. The molecule has 0 aromatic heterocycles. The summed E-state index contributed by atoms with van der Waals surface area (Å²) >= 11 is 5.43. The third-order valence-corrected chi connectivity index (χ3v) is 2.10. The summed E-state index contributed by atoms with van der Waals surface area (Å²) in [7, 11) is 0. The van der Waals surface area contributed by atoms with Crippen molar-refractivity contribution in [2.75, 3.05) is 6.54 Å². The van der Waals surface area contributed by atoms with Crippen LogP contribution < -0.4 is 5.73 Å². The molecule has 0 saturated heterocycles. The molecule has 0 fully saturated rings. The maximum Gasteiger partial charge on any atom is 0.417 e. The number of rotatable bonds is 2. The lowest BCUT2D eigenvalue weighted by molar-refractivity contribution is -0.137. The van der Waals surface area contributed by atoms with E-state index in [4.69, 9.17) is 17.3 Å². The van der Waals surface area contributed by atoms with Crippen molar-refractivity contribution in [1.82, 2.24) is 0 Å². The van der Waals surface area contributed by atoms with Crippen molar-refractivity contribution in [3.05, 3.63) is 34.3 Å². The van der Waals surface area contributed by atoms with Crippen LogP contribution in [0.15, 0.2) is 18.2 Å². The Morgan fingerprint density at radius 3 is 2.33 bits per heavy atom. The molecule has 86 valence electrons. The van der Waals surface area contributed by atoms with Gasteiger partial charge in [-0.2, -0.15) is 13.2 Å². The monoisotopic (exact) mass is 259 g/mol. The maximum atomic E-state index is 12.4. The lowest BCUT2D eigenvalue weighted by Gasteiger charge is -2.10. The van der Waals surface area contributed by atoms with Gasteiger partial charge in [0.15, 0.2) is 0 Å². The standard InChI is InChI=1S/C9H9ClF3N.ClH/c10-8-2-1-6(3-4-14)5-7(8)9(11,12)13;/h1-2,5H,3-4,14H2;1H. The van der Waals surface area contributed by atoms with Crippen molar-refractivity contribution in [1.29, 1.82) is 0 Å². The van der Waals surface area contributed by atoms with Gasteiger partial charge in [-0.1, -0.05) is 17.7 Å². The van der Waals surface area contributed by atoms with E-state index in [-0.39, 0.29) is 17.4 Å². The van der Waals surface area contributed by atoms with E-state index in [0.29, 0.717) is 18.5 Å². The minimum Gasteiger partial charge on any atom is -0.330 e. The van der Waals surface area contributed by atoms with E-state index in [1.165, 1.54) is 6.07 Å². The fourth-order valence-electron chi connectivity index (χ4n) is 1.11. The van der Waals surface area contributed by atoms with Crippen LogP contribution in [0.5, 0.6) is 0 Å². The molecule has 2 N–H and O–H groups in total. The molecule has 0 bridgehead atoms. The van der Waals surface area contributed by atoms with Gasteiger partial charge in [0, 0.05) is 0 Å². The van der Waals surface area contributed by atoms with Gasteiger partial charge in [0.2, 0.25) is 0 Å². The molecule has 1 aromatic carbocycles. The molecule has 0 radical (unpaired) electrons. The molecule has 0 heterocycles. The molecular formula is C9H10Cl2F3N. The zero-order valence-electron chi connectivity index (χ0n) is 7.64. The van der Waals surface area contributed by atoms with Gasteiger partial charge in [-0.3, -0.25) is 0 Å². The lowest BCUT2D eigenvalue weighted by atomic mass is 10.1. The largest absolute Gasteiger partial charge is 0.417 e. The molecule has 0 unspecified atom stereocenters. The normalized spacial score (nSPS) is 11.0. The van der Waals surface area contributed by atoms with E-state index >= 15 is 0 Å². The molecule has 15 heavy (non-hydrogen) atoms. The van der Waals surface area contributed by atoms with Crippen LogP contribution in [-0.2, 0) is 12.6 Å². The van der Waals surface area contributed by atoms with E-state index < -0.39 is 11.7 Å². The summed E-state index contributed by atoms with van der Waals surface area (Å²) in [5, 5.41) is -0.279. The minimum absolute atomic E-state index is 0. The first-order valence-corrected chi connectivity index (χ1v) is 4.38. The summed E-state index contributed by atoms with van der Waals surface area (Å²) in [4.78, 5) is 0. The molecule has 0 aliphatic carbocycles. The van der Waals surface area contributed by atoms with Gasteiger partial charge in [0.05, 0.1) is 10.6 Å². The summed E-state index contributed by atoms with van der Waals surface area (Å²) in [6.45, 7) is 0.318. The van der Waals surface area contributed by atoms with Gasteiger partial charge in [-0.15, -0.1) is 12.4 Å². The Morgan fingerprint density at radius 2 is 1.87 bits per heavy atom. The first-order valence-electron chi connectivity index (χ1n) is 4.01. The third kappa shape index (κ3) is 3.89. The smallest absolute Gasteiger partial charge is 0.330 e. The first-order chi connectivity index (χ1) is 6.45. The quantitative estimate of drug-likeness (QED) is 0.867. The van der Waals surface area contributed by atoms with Crippen molar-refractivity contribution < 1.29 is 13.2 Å².